The van der Waals surface area contributed by atoms with Crippen LogP contribution in [0.2, 0.25) is 0 Å². The molecule has 77 heavy (non-hydrogen) atoms. The molecule has 2 spiro atoms. The van der Waals surface area contributed by atoms with Gasteiger partial charge in [0.2, 0.25) is 11.8 Å². The van der Waals surface area contributed by atoms with E-state index in [0.717, 1.165) is 75.6 Å². The fourth-order valence-corrected chi connectivity index (χ4v) is 11.2. The average Bonchev–Trinajstić information content (AvgIpc) is 3.68. The van der Waals surface area contributed by atoms with E-state index in [1.807, 2.05) is 91.8 Å². The van der Waals surface area contributed by atoms with Gasteiger partial charge >= 0.3 is 25.0 Å². The lowest BCUT2D eigenvalue weighted by Crippen LogP contribution is -2.51. The van der Waals surface area contributed by atoms with Crippen LogP contribution in [0.25, 0.3) is 0 Å². The molecule has 0 bridgehead atoms. The molecule has 0 atom stereocenters. The van der Waals surface area contributed by atoms with Crippen LogP contribution >= 0.6 is 0 Å². The number of benzene rings is 4. The van der Waals surface area contributed by atoms with Gasteiger partial charge in [-0.1, -0.05) is 130 Å². The summed E-state index contributed by atoms with van der Waals surface area (Å²) < 4.78 is 71.5. The lowest BCUT2D eigenvalue weighted by molar-refractivity contribution is -0.274. The van der Waals surface area contributed by atoms with E-state index in [1.54, 1.807) is 0 Å². The number of carbonyl (C=O) groups excluding carboxylic acids is 6. The minimum atomic E-state index is -4.85. The van der Waals surface area contributed by atoms with Crippen LogP contribution < -0.4 is 29.9 Å². The summed E-state index contributed by atoms with van der Waals surface area (Å²) in [6.45, 7) is 12.5. The van der Waals surface area contributed by atoms with Crippen LogP contribution in [0.1, 0.15) is 166 Å². The number of alkyl halides is 5. The van der Waals surface area contributed by atoms with Gasteiger partial charge in [-0.3, -0.25) is 38.8 Å². The van der Waals surface area contributed by atoms with Crippen LogP contribution in [-0.2, 0) is 19.2 Å². The van der Waals surface area contributed by atoms with Gasteiger partial charge in [0.15, 0.2) is 0 Å². The van der Waals surface area contributed by atoms with Crippen molar-refractivity contribution in [2.45, 2.75) is 167 Å². The highest BCUT2D eigenvalue weighted by atomic mass is 19.4. The summed E-state index contributed by atoms with van der Waals surface area (Å²) in [6.07, 6.45) is 1.71. The molecule has 2 aliphatic heterocycles. The van der Waals surface area contributed by atoms with Crippen LogP contribution in [0.5, 0.6) is 11.5 Å². The number of amides is 8. The van der Waals surface area contributed by atoms with E-state index >= 15 is 0 Å². The number of nitrogens with zero attached hydrogens (tertiary/aromatic N) is 4. The zero-order valence-corrected chi connectivity index (χ0v) is 44.9. The molecular weight excluding hydrogens is 1000 g/mol. The highest BCUT2D eigenvalue weighted by Crippen LogP contribution is 2.46. The van der Waals surface area contributed by atoms with Gasteiger partial charge in [-0.25, -0.2) is 9.59 Å². The van der Waals surface area contributed by atoms with Crippen molar-refractivity contribution in [3.05, 3.63) is 107 Å². The highest BCUT2D eigenvalue weighted by molar-refractivity contribution is 6.20. The van der Waals surface area contributed by atoms with Crippen molar-refractivity contribution in [2.24, 2.45) is 0 Å². The molecular formula is C58H69F5N6O8. The normalized spacial score (nSPS) is 17.4. The Morgan fingerprint density at radius 3 is 1.14 bits per heavy atom. The maximum atomic E-state index is 13.8. The third-order valence-electron chi connectivity index (χ3n) is 14.9. The third kappa shape index (κ3) is 12.4. The van der Waals surface area contributed by atoms with Crippen LogP contribution in [0, 0.1) is 0 Å². The molecule has 0 aromatic heterocycles. The van der Waals surface area contributed by atoms with Gasteiger partial charge in [0.1, 0.15) is 35.7 Å². The fraction of sp³-hybridized carbons (Fsp3) is 0.483. The summed E-state index contributed by atoms with van der Waals surface area (Å²) in [5.74, 6) is -1.66. The molecule has 4 aromatic rings. The first-order valence-corrected chi connectivity index (χ1v) is 26.5. The van der Waals surface area contributed by atoms with Crippen molar-refractivity contribution >= 4 is 58.4 Å². The Hall–Kier alpha value is -7.05. The van der Waals surface area contributed by atoms with Crippen LogP contribution in [-0.4, -0.2) is 82.6 Å². The third-order valence-corrected chi connectivity index (χ3v) is 14.9. The van der Waals surface area contributed by atoms with Gasteiger partial charge in [0.05, 0.1) is 0 Å². The molecule has 4 aromatic carbocycles. The van der Waals surface area contributed by atoms with E-state index in [0.29, 0.717) is 49.9 Å². The van der Waals surface area contributed by atoms with E-state index in [4.69, 9.17) is 0 Å². The molecule has 2 heterocycles. The van der Waals surface area contributed by atoms with Crippen molar-refractivity contribution < 1.29 is 60.2 Å². The lowest BCUT2D eigenvalue weighted by Gasteiger charge is -2.38. The van der Waals surface area contributed by atoms with Crippen molar-refractivity contribution in [3.8, 4) is 11.5 Å². The second kappa shape index (κ2) is 23.7. The van der Waals surface area contributed by atoms with Crippen LogP contribution in [0.3, 0.4) is 0 Å². The van der Waals surface area contributed by atoms with E-state index < -0.39 is 78.6 Å². The van der Waals surface area contributed by atoms with E-state index in [9.17, 15) is 50.7 Å². The molecule has 4 aliphatic rings. The Kier molecular flexibility index (Phi) is 17.7. The summed E-state index contributed by atoms with van der Waals surface area (Å²) in [5.41, 5.74) is 3.71. The second-order valence-electron chi connectivity index (χ2n) is 21.5. The maximum absolute atomic E-state index is 13.8. The number of urea groups is 2. The number of imide groups is 2. The number of para-hydroxylation sites is 2. The molecule has 2 saturated carbocycles. The van der Waals surface area contributed by atoms with Gasteiger partial charge in [0.25, 0.3) is 11.8 Å². The number of ether oxygens (including phenoxy) is 2. The highest BCUT2D eigenvalue weighted by Gasteiger charge is 2.59. The van der Waals surface area contributed by atoms with E-state index in [1.165, 1.54) is 46.2 Å². The minimum absolute atomic E-state index is 0.0413. The molecule has 2 saturated heterocycles. The molecule has 4 fully saturated rings. The average molecular weight is 1070 g/mol. The second-order valence-corrected chi connectivity index (χ2v) is 21.5. The number of rotatable bonds is 15. The molecule has 19 heteroatoms. The SMILES string of the molecule is CC(C)c1cccc(C(C)C)c1NC(=O)CN1C(=O)N(c2ccc(OC(F)(F)F)cc2)C2(CCCCC2)C1=O.CC(C)c1cccc(C(C)C)c1NC(=O)CN1C(=O)N(c2ccc(OC(F)F)cc2)C2(CCCCC2)C1=O. The number of nitrogens with one attached hydrogen (secondary N) is 2. The van der Waals surface area contributed by atoms with Gasteiger partial charge in [-0.05, 0) is 120 Å². The first-order valence-electron chi connectivity index (χ1n) is 26.5. The lowest BCUT2D eigenvalue weighted by atomic mass is 9.80. The quantitative estimate of drug-likeness (QED) is 0.0880. The molecule has 14 nitrogen and oxygen atoms in total. The molecule has 2 aliphatic carbocycles. The number of carbonyl (C=O) groups is 6. The Labute approximate surface area is 446 Å². The first kappa shape index (κ1) is 57.7. The van der Waals surface area contributed by atoms with Crippen molar-refractivity contribution in [3.63, 3.8) is 0 Å². The minimum Gasteiger partial charge on any atom is -0.435 e. The summed E-state index contributed by atoms with van der Waals surface area (Å²) in [7, 11) is 0. The van der Waals surface area contributed by atoms with Crippen molar-refractivity contribution in [1.82, 2.24) is 9.80 Å². The molecule has 0 radical (unpaired) electrons. The van der Waals surface area contributed by atoms with Crippen molar-refractivity contribution in [2.75, 3.05) is 33.5 Å². The fourth-order valence-electron chi connectivity index (χ4n) is 11.2. The maximum Gasteiger partial charge on any atom is 0.573 e. The van der Waals surface area contributed by atoms with Gasteiger partial charge in [-0.2, -0.15) is 8.78 Å². The number of anilines is 4. The van der Waals surface area contributed by atoms with Crippen LogP contribution in [0.4, 0.5) is 54.3 Å². The number of halogens is 5. The molecule has 8 rings (SSSR count). The monoisotopic (exact) mass is 1070 g/mol. The van der Waals surface area contributed by atoms with Crippen molar-refractivity contribution in [1.29, 1.82) is 0 Å². The van der Waals surface area contributed by atoms with E-state index in [-0.39, 0.29) is 35.1 Å². The zero-order chi connectivity index (χ0) is 56.1. The Bertz CT molecular complexity index is 2750. The topological polar surface area (TPSA) is 158 Å². The summed E-state index contributed by atoms with van der Waals surface area (Å²) in [4.78, 5) is 86.3. The predicted molar refractivity (Wildman–Crippen MR) is 284 cm³/mol. The van der Waals surface area contributed by atoms with Gasteiger partial charge in [0, 0.05) is 22.7 Å². The summed E-state index contributed by atoms with van der Waals surface area (Å²) in [5, 5.41) is 5.95. The largest absolute Gasteiger partial charge is 0.573 e. The zero-order valence-electron chi connectivity index (χ0n) is 44.9. The van der Waals surface area contributed by atoms with E-state index in [2.05, 4.69) is 20.1 Å². The molecule has 2 N–H and O–H groups in total. The Morgan fingerprint density at radius 2 is 0.844 bits per heavy atom. The standard InChI is InChI=1S/C29H34F3N3O4.C29H35F2N3O4/c1-18(2)22-9-8-10-23(19(3)4)25(22)33-24(36)17-34-26(37)28(15-6-5-7-16-28)35(27(34)38)20-11-13-21(14-12-20)39-29(30,31)32;1-18(2)22-9-8-10-23(19(3)4)25(22)32-24(35)17-33-26(36)29(15-6-5-7-16-29)34(28(33)37)20-11-13-21(14-12-20)38-27(30)31/h8-14,18-19H,5-7,15-17H2,1-4H3,(H,33,36);8-14,18-19,27H,5-7,15-17H2,1-4H3,(H,32,35). The Morgan fingerprint density at radius 1 is 0.519 bits per heavy atom. The summed E-state index contributed by atoms with van der Waals surface area (Å²) in [6, 6.07) is 21.1. The molecule has 8 amide bonds. The first-order chi connectivity index (χ1) is 36.4. The molecule has 0 unspecified atom stereocenters. The smallest absolute Gasteiger partial charge is 0.435 e. The van der Waals surface area contributed by atoms with Gasteiger partial charge < -0.3 is 20.1 Å². The van der Waals surface area contributed by atoms with Crippen LogP contribution in [0.15, 0.2) is 84.9 Å². The Balaban J connectivity index is 0.000000224. The molecule has 414 valence electrons. The van der Waals surface area contributed by atoms with Gasteiger partial charge in [-0.15, -0.1) is 13.2 Å². The number of hydrogen-bond acceptors (Lipinski definition) is 8. The summed E-state index contributed by atoms with van der Waals surface area (Å²) >= 11 is 0. The number of hydrogen-bond donors (Lipinski definition) is 2. The predicted octanol–water partition coefficient (Wildman–Crippen LogP) is 13.6.